The molecule has 0 radical (unpaired) electrons. The summed E-state index contributed by atoms with van der Waals surface area (Å²) in [5.74, 6) is 1.23. The molecule has 0 bridgehead atoms. The first-order valence-corrected chi connectivity index (χ1v) is 7.00. The molecule has 1 saturated carbocycles. The van der Waals surface area contributed by atoms with E-state index in [1.165, 1.54) is 19.3 Å². The molecule has 1 aromatic rings. The first kappa shape index (κ1) is 13.8. The van der Waals surface area contributed by atoms with Crippen molar-refractivity contribution < 1.29 is 4.92 Å². The van der Waals surface area contributed by atoms with Crippen molar-refractivity contribution >= 4 is 11.4 Å². The van der Waals surface area contributed by atoms with E-state index >= 15 is 0 Å². The van der Waals surface area contributed by atoms with Crippen LogP contribution in [0.3, 0.4) is 0 Å². The highest BCUT2D eigenvalue weighted by molar-refractivity contribution is 5.55. The van der Waals surface area contributed by atoms with Crippen molar-refractivity contribution in [2.24, 2.45) is 11.8 Å². The number of nitrogens with one attached hydrogen (secondary N) is 1. The van der Waals surface area contributed by atoms with E-state index in [-0.39, 0.29) is 10.6 Å². The third-order valence-electron chi connectivity index (χ3n) is 4.28. The minimum Gasteiger partial charge on any atom is -0.382 e. The van der Waals surface area contributed by atoms with Crippen LogP contribution in [-0.2, 0) is 0 Å². The van der Waals surface area contributed by atoms with Crippen LogP contribution >= 0.6 is 0 Å². The molecule has 2 atom stereocenters. The minimum absolute atomic E-state index is 0.195. The van der Waals surface area contributed by atoms with Crippen molar-refractivity contribution in [1.82, 2.24) is 0 Å². The zero-order chi connectivity index (χ0) is 14.0. The zero-order valence-corrected chi connectivity index (χ0v) is 11.8. The summed E-state index contributed by atoms with van der Waals surface area (Å²) in [6, 6.07) is 5.83. The monoisotopic (exact) mass is 262 g/mol. The summed E-state index contributed by atoms with van der Waals surface area (Å²) in [4.78, 5) is 10.7. The second-order valence-electron chi connectivity index (χ2n) is 5.81. The highest BCUT2D eigenvalue weighted by Gasteiger charge is 2.27. The molecule has 104 valence electrons. The summed E-state index contributed by atoms with van der Waals surface area (Å²) in [5, 5.41) is 14.5. The van der Waals surface area contributed by atoms with Gasteiger partial charge in [0.05, 0.1) is 4.92 Å². The Morgan fingerprint density at radius 1 is 1.26 bits per heavy atom. The fourth-order valence-corrected chi connectivity index (χ4v) is 3.05. The normalized spacial score (nSPS) is 27.0. The Bertz CT molecular complexity index is 463. The van der Waals surface area contributed by atoms with E-state index in [4.69, 9.17) is 0 Å². The number of anilines is 1. The lowest BCUT2D eigenvalue weighted by Gasteiger charge is -2.35. The van der Waals surface area contributed by atoms with Gasteiger partial charge in [0.25, 0.3) is 5.69 Å². The van der Waals surface area contributed by atoms with Gasteiger partial charge in [-0.15, -0.1) is 0 Å². The number of hydrogen-bond acceptors (Lipinski definition) is 3. The predicted molar refractivity (Wildman–Crippen MR) is 77.4 cm³/mol. The van der Waals surface area contributed by atoms with E-state index in [2.05, 4.69) is 19.2 Å². The maximum atomic E-state index is 11.0. The highest BCUT2D eigenvalue weighted by atomic mass is 16.6. The molecule has 4 nitrogen and oxygen atoms in total. The molecule has 1 fully saturated rings. The van der Waals surface area contributed by atoms with E-state index in [1.807, 2.05) is 12.1 Å². The molecule has 0 saturated heterocycles. The van der Waals surface area contributed by atoms with Crippen LogP contribution in [-0.4, -0.2) is 11.0 Å². The van der Waals surface area contributed by atoms with Gasteiger partial charge < -0.3 is 5.32 Å². The van der Waals surface area contributed by atoms with Crippen LogP contribution in [0.1, 0.15) is 38.7 Å². The molecule has 0 amide bonds. The van der Waals surface area contributed by atoms with Crippen molar-refractivity contribution in [1.29, 1.82) is 0 Å². The molecule has 1 N–H and O–H groups in total. The lowest BCUT2D eigenvalue weighted by Crippen LogP contribution is -2.37. The van der Waals surface area contributed by atoms with Crippen LogP contribution in [0, 0.1) is 28.9 Å². The Hall–Kier alpha value is -1.58. The summed E-state index contributed by atoms with van der Waals surface area (Å²) >= 11 is 0. The van der Waals surface area contributed by atoms with Crippen LogP contribution in [0.2, 0.25) is 0 Å². The quantitative estimate of drug-likeness (QED) is 0.658. The molecular formula is C15H22N2O2. The number of benzene rings is 1. The van der Waals surface area contributed by atoms with E-state index in [0.717, 1.165) is 5.69 Å². The molecule has 1 aliphatic carbocycles. The Morgan fingerprint density at radius 2 is 1.89 bits per heavy atom. The molecule has 1 aliphatic rings. The SMILES string of the molecule is Cc1ccc(NC2C(C)CCCC2C)cc1[N+](=O)[O-]. The van der Waals surface area contributed by atoms with Gasteiger partial charge in [-0.1, -0.05) is 26.3 Å². The average molecular weight is 262 g/mol. The van der Waals surface area contributed by atoms with Gasteiger partial charge in [0.1, 0.15) is 0 Å². The summed E-state index contributed by atoms with van der Waals surface area (Å²) in [6.45, 7) is 6.29. The van der Waals surface area contributed by atoms with Crippen molar-refractivity contribution in [3.8, 4) is 0 Å². The van der Waals surface area contributed by atoms with Crippen molar-refractivity contribution in [3.05, 3.63) is 33.9 Å². The van der Waals surface area contributed by atoms with Gasteiger partial charge in [0.2, 0.25) is 0 Å². The Labute approximate surface area is 114 Å². The number of nitro groups is 1. The minimum atomic E-state index is -0.311. The number of aryl methyl sites for hydroxylation is 1. The molecule has 2 rings (SSSR count). The fourth-order valence-electron chi connectivity index (χ4n) is 3.05. The summed E-state index contributed by atoms with van der Waals surface area (Å²) in [5.41, 5.74) is 1.77. The molecule has 0 aliphatic heterocycles. The first-order valence-electron chi connectivity index (χ1n) is 7.00. The fraction of sp³-hybridized carbons (Fsp3) is 0.600. The smallest absolute Gasteiger partial charge is 0.274 e. The summed E-state index contributed by atoms with van der Waals surface area (Å²) in [6.07, 6.45) is 3.75. The van der Waals surface area contributed by atoms with E-state index < -0.39 is 0 Å². The van der Waals surface area contributed by atoms with Gasteiger partial charge in [0, 0.05) is 23.4 Å². The Kier molecular flexibility index (Phi) is 4.08. The van der Waals surface area contributed by atoms with Crippen LogP contribution in [0.4, 0.5) is 11.4 Å². The number of rotatable bonds is 3. The average Bonchev–Trinajstić information content (AvgIpc) is 2.35. The number of nitro benzene ring substituents is 1. The van der Waals surface area contributed by atoms with Gasteiger partial charge in [-0.25, -0.2) is 0 Å². The van der Waals surface area contributed by atoms with Crippen molar-refractivity contribution in [2.75, 3.05) is 5.32 Å². The Morgan fingerprint density at radius 3 is 2.47 bits per heavy atom. The molecule has 4 heteroatoms. The lowest BCUT2D eigenvalue weighted by molar-refractivity contribution is -0.385. The summed E-state index contributed by atoms with van der Waals surface area (Å²) in [7, 11) is 0. The van der Waals surface area contributed by atoms with Gasteiger partial charge >= 0.3 is 0 Å². The number of nitrogens with zero attached hydrogens (tertiary/aromatic N) is 1. The van der Waals surface area contributed by atoms with Crippen LogP contribution in [0.25, 0.3) is 0 Å². The van der Waals surface area contributed by atoms with Crippen LogP contribution in [0.5, 0.6) is 0 Å². The maximum Gasteiger partial charge on any atom is 0.274 e. The lowest BCUT2D eigenvalue weighted by atomic mass is 9.78. The zero-order valence-electron chi connectivity index (χ0n) is 11.8. The van der Waals surface area contributed by atoms with Crippen molar-refractivity contribution in [3.63, 3.8) is 0 Å². The second-order valence-corrected chi connectivity index (χ2v) is 5.81. The topological polar surface area (TPSA) is 55.2 Å². The molecule has 0 heterocycles. The number of hydrogen-bond donors (Lipinski definition) is 1. The molecule has 1 aromatic carbocycles. The van der Waals surface area contributed by atoms with Gasteiger partial charge in [-0.3, -0.25) is 10.1 Å². The van der Waals surface area contributed by atoms with Crippen LogP contribution in [0.15, 0.2) is 18.2 Å². The second kappa shape index (κ2) is 5.59. The molecular weight excluding hydrogens is 240 g/mol. The maximum absolute atomic E-state index is 11.0. The predicted octanol–water partition coefficient (Wildman–Crippen LogP) is 4.14. The van der Waals surface area contributed by atoms with Crippen LogP contribution < -0.4 is 5.32 Å². The first-order chi connectivity index (χ1) is 8.99. The molecule has 2 unspecified atom stereocenters. The standard InChI is InChI=1S/C15H22N2O2/c1-10-7-8-13(9-14(10)17(18)19)16-15-11(2)5-4-6-12(15)3/h7-9,11-12,15-16H,4-6H2,1-3H3. The van der Waals surface area contributed by atoms with E-state index in [1.54, 1.807) is 13.0 Å². The van der Waals surface area contributed by atoms with Gasteiger partial charge in [-0.2, -0.15) is 0 Å². The van der Waals surface area contributed by atoms with Gasteiger partial charge in [-0.05, 0) is 37.7 Å². The summed E-state index contributed by atoms with van der Waals surface area (Å²) < 4.78 is 0. The largest absolute Gasteiger partial charge is 0.382 e. The van der Waals surface area contributed by atoms with E-state index in [0.29, 0.717) is 23.4 Å². The highest BCUT2D eigenvalue weighted by Crippen LogP contribution is 2.32. The Balaban J connectivity index is 2.18. The van der Waals surface area contributed by atoms with Crippen molar-refractivity contribution in [2.45, 2.75) is 46.1 Å². The third-order valence-corrected chi connectivity index (χ3v) is 4.28. The molecule has 0 spiro atoms. The van der Waals surface area contributed by atoms with Gasteiger partial charge in [0.15, 0.2) is 0 Å². The molecule has 19 heavy (non-hydrogen) atoms. The molecule has 0 aromatic heterocycles. The third kappa shape index (κ3) is 3.06. The van der Waals surface area contributed by atoms with E-state index in [9.17, 15) is 10.1 Å².